The van der Waals surface area contributed by atoms with E-state index in [9.17, 15) is 15.0 Å². The number of benzene rings is 1. The molecule has 1 aliphatic carbocycles. The van der Waals surface area contributed by atoms with Gasteiger partial charge in [0.05, 0.1) is 12.7 Å². The van der Waals surface area contributed by atoms with Gasteiger partial charge in [-0.05, 0) is 62.5 Å². The van der Waals surface area contributed by atoms with Crippen LogP contribution in [0, 0.1) is 5.92 Å². The number of aromatic hydroxyl groups is 1. The fourth-order valence-corrected chi connectivity index (χ4v) is 4.88. The van der Waals surface area contributed by atoms with Crippen LogP contribution >= 0.6 is 0 Å². The molecule has 156 valence electrons. The zero-order valence-corrected chi connectivity index (χ0v) is 17.2. The number of rotatable bonds is 7. The van der Waals surface area contributed by atoms with Gasteiger partial charge in [0, 0.05) is 18.9 Å². The highest BCUT2D eigenvalue weighted by atomic mass is 16.6. The van der Waals surface area contributed by atoms with Crippen molar-refractivity contribution in [2.75, 3.05) is 6.61 Å². The van der Waals surface area contributed by atoms with Gasteiger partial charge in [-0.1, -0.05) is 25.8 Å². The maximum absolute atomic E-state index is 11.8. The molecule has 1 aromatic rings. The van der Waals surface area contributed by atoms with Crippen LogP contribution < -0.4 is 4.74 Å². The summed E-state index contributed by atoms with van der Waals surface area (Å²) in [5, 5.41) is 20.8. The number of carbonyl (C=O) groups excluding carboxylic acids is 1. The normalized spacial score (nSPS) is 27.0. The van der Waals surface area contributed by atoms with Gasteiger partial charge in [-0.15, -0.1) is 0 Å². The molecule has 5 nitrogen and oxygen atoms in total. The molecule has 0 unspecified atom stereocenters. The molecular formula is C23H34O5. The summed E-state index contributed by atoms with van der Waals surface area (Å²) in [7, 11) is 0. The molecule has 0 radical (unpaired) electrons. The predicted octanol–water partition coefficient (Wildman–Crippen LogP) is 4.30. The van der Waals surface area contributed by atoms with E-state index in [1.165, 1.54) is 6.92 Å². The number of hydrogen-bond donors (Lipinski definition) is 2. The van der Waals surface area contributed by atoms with Crippen molar-refractivity contribution in [2.45, 2.75) is 89.8 Å². The van der Waals surface area contributed by atoms with E-state index in [1.54, 1.807) is 6.07 Å². The van der Waals surface area contributed by atoms with Crippen LogP contribution in [0.5, 0.6) is 11.5 Å². The average molecular weight is 391 g/mol. The molecule has 0 amide bonds. The Morgan fingerprint density at radius 2 is 2.21 bits per heavy atom. The highest BCUT2D eigenvalue weighted by Crippen LogP contribution is 2.42. The standard InChI is InChI=1S/C23H34O5/c1-3-4-6-18-11-13-23(15-21(18)26,28-16(2)24)12-10-17-8-9-20(25)22-19(17)7-5-14-27-22/h8-9,18,21,25-26H,3-7,10-15H2,1-2H3/t18-,21+,23-/m0/s1. The summed E-state index contributed by atoms with van der Waals surface area (Å²) in [6, 6.07) is 3.64. The molecule has 0 bridgehead atoms. The number of phenolic OH excluding ortho intramolecular Hbond substituents is 1. The van der Waals surface area contributed by atoms with Crippen molar-refractivity contribution in [3.8, 4) is 11.5 Å². The van der Waals surface area contributed by atoms with Crippen LogP contribution in [0.25, 0.3) is 0 Å². The van der Waals surface area contributed by atoms with E-state index in [1.807, 2.05) is 6.07 Å². The molecule has 3 rings (SSSR count). The second-order valence-corrected chi connectivity index (χ2v) is 8.49. The first-order valence-electron chi connectivity index (χ1n) is 10.8. The number of ether oxygens (including phenoxy) is 2. The molecule has 1 aliphatic heterocycles. The largest absolute Gasteiger partial charge is 0.504 e. The van der Waals surface area contributed by atoms with Crippen LogP contribution in [0.2, 0.25) is 0 Å². The van der Waals surface area contributed by atoms with Gasteiger partial charge < -0.3 is 19.7 Å². The van der Waals surface area contributed by atoms with Crippen LogP contribution in [-0.2, 0) is 22.4 Å². The Hall–Kier alpha value is -1.75. The molecule has 1 heterocycles. The predicted molar refractivity (Wildman–Crippen MR) is 108 cm³/mol. The molecule has 28 heavy (non-hydrogen) atoms. The number of fused-ring (bicyclic) bond motifs is 1. The Morgan fingerprint density at radius 3 is 2.93 bits per heavy atom. The van der Waals surface area contributed by atoms with Crippen molar-refractivity contribution < 1.29 is 24.5 Å². The summed E-state index contributed by atoms with van der Waals surface area (Å²) in [6.45, 7) is 4.25. The molecule has 3 atom stereocenters. The summed E-state index contributed by atoms with van der Waals surface area (Å²) >= 11 is 0. The molecule has 1 saturated carbocycles. The lowest BCUT2D eigenvalue weighted by Crippen LogP contribution is -2.45. The van der Waals surface area contributed by atoms with E-state index in [0.29, 0.717) is 31.1 Å². The lowest BCUT2D eigenvalue weighted by molar-refractivity contribution is -0.168. The molecule has 0 spiro atoms. The summed E-state index contributed by atoms with van der Waals surface area (Å²) in [4.78, 5) is 11.8. The number of esters is 1. The summed E-state index contributed by atoms with van der Waals surface area (Å²) in [5.41, 5.74) is 1.61. The minimum atomic E-state index is -0.603. The summed E-state index contributed by atoms with van der Waals surface area (Å²) in [6.07, 6.45) is 8.34. The van der Waals surface area contributed by atoms with Crippen molar-refractivity contribution in [1.29, 1.82) is 0 Å². The minimum Gasteiger partial charge on any atom is -0.504 e. The fraction of sp³-hybridized carbons (Fsp3) is 0.696. The molecule has 1 aromatic carbocycles. The number of phenols is 1. The number of hydrogen-bond acceptors (Lipinski definition) is 5. The van der Waals surface area contributed by atoms with Crippen molar-refractivity contribution in [2.24, 2.45) is 5.92 Å². The fourth-order valence-electron chi connectivity index (χ4n) is 4.88. The third-order valence-corrected chi connectivity index (χ3v) is 6.39. The second kappa shape index (κ2) is 9.17. The first-order valence-corrected chi connectivity index (χ1v) is 10.8. The number of aryl methyl sites for hydroxylation is 1. The zero-order chi connectivity index (χ0) is 20.1. The van der Waals surface area contributed by atoms with E-state index in [0.717, 1.165) is 62.5 Å². The molecule has 2 aliphatic rings. The SMILES string of the molecule is CCCC[C@H]1CC[C@](CCc2ccc(O)c3c2CCCO3)(OC(C)=O)C[C@H]1O. The van der Waals surface area contributed by atoms with Gasteiger partial charge in [-0.3, -0.25) is 4.79 Å². The van der Waals surface area contributed by atoms with Crippen LogP contribution in [0.3, 0.4) is 0 Å². The maximum Gasteiger partial charge on any atom is 0.303 e. The van der Waals surface area contributed by atoms with Crippen molar-refractivity contribution >= 4 is 5.97 Å². The Balaban J connectivity index is 1.73. The van der Waals surface area contributed by atoms with E-state index < -0.39 is 11.7 Å². The lowest BCUT2D eigenvalue weighted by Gasteiger charge is -2.42. The quantitative estimate of drug-likeness (QED) is 0.679. The third kappa shape index (κ3) is 4.80. The monoisotopic (exact) mass is 390 g/mol. The van der Waals surface area contributed by atoms with Gasteiger partial charge in [0.15, 0.2) is 11.5 Å². The molecule has 0 aromatic heterocycles. The zero-order valence-electron chi connectivity index (χ0n) is 17.2. The van der Waals surface area contributed by atoms with Crippen molar-refractivity contribution in [3.05, 3.63) is 23.3 Å². The number of unbranched alkanes of at least 4 members (excludes halogenated alkanes) is 1. The van der Waals surface area contributed by atoms with Crippen LogP contribution in [-0.4, -0.2) is 34.5 Å². The van der Waals surface area contributed by atoms with Gasteiger partial charge >= 0.3 is 5.97 Å². The number of carbonyl (C=O) groups is 1. The molecule has 1 fully saturated rings. The molecule has 0 saturated heterocycles. The van der Waals surface area contributed by atoms with Gasteiger partial charge in [0.1, 0.15) is 5.60 Å². The molecule has 5 heteroatoms. The summed E-state index contributed by atoms with van der Waals surface area (Å²) in [5.74, 6) is 0.822. The number of aliphatic hydroxyl groups is 1. The highest BCUT2D eigenvalue weighted by molar-refractivity contribution is 5.66. The first-order chi connectivity index (χ1) is 13.4. The highest BCUT2D eigenvalue weighted by Gasteiger charge is 2.42. The second-order valence-electron chi connectivity index (χ2n) is 8.49. The Kier molecular flexibility index (Phi) is 6.86. The molecular weight excluding hydrogens is 356 g/mol. The minimum absolute atomic E-state index is 0.194. The van der Waals surface area contributed by atoms with Crippen molar-refractivity contribution in [3.63, 3.8) is 0 Å². The Labute approximate surface area is 168 Å². The van der Waals surface area contributed by atoms with E-state index >= 15 is 0 Å². The van der Waals surface area contributed by atoms with E-state index in [-0.39, 0.29) is 11.7 Å². The average Bonchev–Trinajstić information content (AvgIpc) is 2.67. The lowest BCUT2D eigenvalue weighted by atomic mass is 9.72. The molecule has 2 N–H and O–H groups in total. The van der Waals surface area contributed by atoms with Gasteiger partial charge in [-0.2, -0.15) is 0 Å². The Bertz CT molecular complexity index is 686. The van der Waals surface area contributed by atoms with E-state index in [2.05, 4.69) is 6.92 Å². The summed E-state index contributed by atoms with van der Waals surface area (Å²) < 4.78 is 11.5. The van der Waals surface area contributed by atoms with Crippen molar-refractivity contribution in [1.82, 2.24) is 0 Å². The topological polar surface area (TPSA) is 76.0 Å². The van der Waals surface area contributed by atoms with Crippen LogP contribution in [0.4, 0.5) is 0 Å². The van der Waals surface area contributed by atoms with Gasteiger partial charge in [0.25, 0.3) is 0 Å². The van der Waals surface area contributed by atoms with Crippen LogP contribution in [0.1, 0.15) is 76.3 Å². The number of aliphatic hydroxyl groups excluding tert-OH is 1. The van der Waals surface area contributed by atoms with Gasteiger partial charge in [-0.25, -0.2) is 0 Å². The third-order valence-electron chi connectivity index (χ3n) is 6.39. The van der Waals surface area contributed by atoms with E-state index in [4.69, 9.17) is 9.47 Å². The Morgan fingerprint density at radius 1 is 1.39 bits per heavy atom. The first kappa shape index (κ1) is 21.0. The smallest absolute Gasteiger partial charge is 0.303 e. The van der Waals surface area contributed by atoms with Crippen LogP contribution in [0.15, 0.2) is 12.1 Å². The maximum atomic E-state index is 11.8. The van der Waals surface area contributed by atoms with Gasteiger partial charge in [0.2, 0.25) is 0 Å².